The Kier molecular flexibility index (Phi) is 7.83. The van der Waals surface area contributed by atoms with Crippen LogP contribution in [0.5, 0.6) is 11.5 Å². The molecule has 3 aromatic carbocycles. The summed E-state index contributed by atoms with van der Waals surface area (Å²) in [6.07, 6.45) is 0.676. The molecule has 2 N–H and O–H groups in total. The predicted molar refractivity (Wildman–Crippen MR) is 141 cm³/mol. The third kappa shape index (κ3) is 5.90. The Balaban J connectivity index is 1.50. The summed E-state index contributed by atoms with van der Waals surface area (Å²) in [5, 5.41) is 7.24. The normalized spacial score (nSPS) is 10.7. The van der Waals surface area contributed by atoms with Crippen LogP contribution in [0, 0.1) is 6.92 Å². The monoisotopic (exact) mass is 469 g/mol. The summed E-state index contributed by atoms with van der Waals surface area (Å²) in [6.45, 7) is 7.57. The minimum atomic E-state index is -0.132. The molecule has 1 aromatic heterocycles. The maximum atomic E-state index is 13.2. The maximum absolute atomic E-state index is 13.2. The van der Waals surface area contributed by atoms with Crippen molar-refractivity contribution in [2.45, 2.75) is 27.2 Å². The lowest BCUT2D eigenvalue weighted by molar-refractivity contribution is 0.0955. The first-order valence-electron chi connectivity index (χ1n) is 12.0. The summed E-state index contributed by atoms with van der Waals surface area (Å²) in [7, 11) is 0. The fraction of sp³-hybridized carbons (Fsp3) is 0.241. The van der Waals surface area contributed by atoms with Crippen molar-refractivity contribution in [3.63, 3.8) is 0 Å². The van der Waals surface area contributed by atoms with Gasteiger partial charge in [-0.1, -0.05) is 42.5 Å². The molecule has 6 nitrogen and oxygen atoms in total. The molecule has 0 saturated carbocycles. The standard InChI is InChI=1S/C29H31N3O3/c1-4-34-26-15-14-21(18-27(26)35-5-2)16-17-30-29(33)23-19-28(31-24-12-8-6-10-20(24)3)32-25-13-9-7-11-22(23)25/h6-15,18-19H,4-5,16-17H2,1-3H3,(H,30,33)(H,31,32). The summed E-state index contributed by atoms with van der Waals surface area (Å²) in [5.41, 5.74) is 4.49. The Morgan fingerprint density at radius 2 is 1.63 bits per heavy atom. The number of hydrogen-bond acceptors (Lipinski definition) is 5. The molecule has 0 aliphatic carbocycles. The van der Waals surface area contributed by atoms with Gasteiger partial charge in [-0.2, -0.15) is 0 Å². The average molecular weight is 470 g/mol. The van der Waals surface area contributed by atoms with E-state index in [1.807, 2.05) is 93.6 Å². The third-order valence-corrected chi connectivity index (χ3v) is 5.68. The van der Waals surface area contributed by atoms with Crippen molar-refractivity contribution in [2.75, 3.05) is 25.1 Å². The molecule has 180 valence electrons. The topological polar surface area (TPSA) is 72.5 Å². The van der Waals surface area contributed by atoms with Gasteiger partial charge in [0.1, 0.15) is 5.82 Å². The molecule has 0 unspecified atom stereocenters. The van der Waals surface area contributed by atoms with E-state index in [1.54, 1.807) is 0 Å². The van der Waals surface area contributed by atoms with Crippen molar-refractivity contribution in [2.24, 2.45) is 0 Å². The number of anilines is 2. The number of carbonyl (C=O) groups excluding carboxylic acids is 1. The Labute approximate surface area is 206 Å². The second-order valence-corrected chi connectivity index (χ2v) is 8.17. The molecular formula is C29H31N3O3. The first-order chi connectivity index (χ1) is 17.1. The van der Waals surface area contributed by atoms with Gasteiger partial charge in [-0.15, -0.1) is 0 Å². The fourth-order valence-corrected chi connectivity index (χ4v) is 3.95. The molecular weight excluding hydrogens is 438 g/mol. The molecule has 35 heavy (non-hydrogen) atoms. The van der Waals surface area contributed by atoms with Crippen molar-refractivity contribution in [1.29, 1.82) is 0 Å². The van der Waals surface area contributed by atoms with E-state index in [-0.39, 0.29) is 5.91 Å². The zero-order valence-electron chi connectivity index (χ0n) is 20.4. The average Bonchev–Trinajstić information content (AvgIpc) is 2.86. The predicted octanol–water partition coefficient (Wildman–Crippen LogP) is 6.06. The molecule has 1 amide bonds. The van der Waals surface area contributed by atoms with Crippen LogP contribution < -0.4 is 20.1 Å². The quantitative estimate of drug-likeness (QED) is 0.295. The first-order valence-corrected chi connectivity index (χ1v) is 12.0. The largest absolute Gasteiger partial charge is 0.490 e. The van der Waals surface area contributed by atoms with Gasteiger partial charge in [0.05, 0.1) is 24.3 Å². The van der Waals surface area contributed by atoms with E-state index in [2.05, 4.69) is 10.6 Å². The number of amides is 1. The van der Waals surface area contributed by atoms with Crippen molar-refractivity contribution < 1.29 is 14.3 Å². The molecule has 0 aliphatic rings. The van der Waals surface area contributed by atoms with E-state index < -0.39 is 0 Å². The lowest BCUT2D eigenvalue weighted by Crippen LogP contribution is -2.26. The van der Waals surface area contributed by atoms with Gasteiger partial charge in [0.15, 0.2) is 11.5 Å². The second kappa shape index (κ2) is 11.4. The molecule has 0 radical (unpaired) electrons. The number of aromatic nitrogens is 1. The lowest BCUT2D eigenvalue weighted by Gasteiger charge is -2.14. The summed E-state index contributed by atoms with van der Waals surface area (Å²) >= 11 is 0. The molecule has 1 heterocycles. The molecule has 0 fully saturated rings. The Bertz CT molecular complexity index is 1320. The van der Waals surface area contributed by atoms with E-state index >= 15 is 0 Å². The molecule has 0 atom stereocenters. The van der Waals surface area contributed by atoms with Gasteiger partial charge in [0.25, 0.3) is 5.91 Å². The number of rotatable bonds is 10. The Morgan fingerprint density at radius 1 is 0.886 bits per heavy atom. The number of ether oxygens (including phenoxy) is 2. The second-order valence-electron chi connectivity index (χ2n) is 8.17. The van der Waals surface area contributed by atoms with Crippen molar-refractivity contribution in [3.8, 4) is 11.5 Å². The van der Waals surface area contributed by atoms with Crippen LogP contribution in [0.3, 0.4) is 0 Å². The highest BCUT2D eigenvalue weighted by molar-refractivity contribution is 6.07. The van der Waals surface area contributed by atoms with Crippen LogP contribution >= 0.6 is 0 Å². The minimum absolute atomic E-state index is 0.132. The van der Waals surface area contributed by atoms with E-state index in [0.29, 0.717) is 37.6 Å². The number of nitrogens with one attached hydrogen (secondary N) is 2. The smallest absolute Gasteiger partial charge is 0.252 e. The van der Waals surface area contributed by atoms with Gasteiger partial charge in [-0.25, -0.2) is 4.98 Å². The van der Waals surface area contributed by atoms with E-state index in [4.69, 9.17) is 14.5 Å². The number of carbonyl (C=O) groups is 1. The molecule has 4 aromatic rings. The van der Waals surface area contributed by atoms with Crippen LogP contribution in [0.4, 0.5) is 11.5 Å². The van der Waals surface area contributed by atoms with Crippen LogP contribution in [0.25, 0.3) is 10.9 Å². The fourth-order valence-electron chi connectivity index (χ4n) is 3.95. The molecule has 4 rings (SSSR count). The summed E-state index contributed by atoms with van der Waals surface area (Å²) in [4.78, 5) is 17.9. The van der Waals surface area contributed by atoms with Crippen molar-refractivity contribution >= 4 is 28.3 Å². The highest BCUT2D eigenvalue weighted by atomic mass is 16.5. The maximum Gasteiger partial charge on any atom is 0.252 e. The summed E-state index contributed by atoms with van der Waals surface area (Å²) in [5.74, 6) is 1.97. The van der Waals surface area contributed by atoms with Gasteiger partial charge >= 0.3 is 0 Å². The SMILES string of the molecule is CCOc1ccc(CCNC(=O)c2cc(Nc3ccccc3C)nc3ccccc23)cc1OCC. The summed E-state index contributed by atoms with van der Waals surface area (Å²) < 4.78 is 11.4. The van der Waals surface area contributed by atoms with E-state index in [0.717, 1.165) is 39.2 Å². The van der Waals surface area contributed by atoms with Gasteiger partial charge in [-0.3, -0.25) is 4.79 Å². The molecule has 0 aliphatic heterocycles. The van der Waals surface area contributed by atoms with Crippen LogP contribution in [0.15, 0.2) is 72.8 Å². The Hall–Kier alpha value is -4.06. The third-order valence-electron chi connectivity index (χ3n) is 5.68. The van der Waals surface area contributed by atoms with Gasteiger partial charge in [0.2, 0.25) is 0 Å². The van der Waals surface area contributed by atoms with Crippen LogP contribution in [-0.2, 0) is 6.42 Å². The number of para-hydroxylation sites is 2. The van der Waals surface area contributed by atoms with Gasteiger partial charge in [-0.05, 0) is 68.7 Å². The number of hydrogen-bond donors (Lipinski definition) is 2. The van der Waals surface area contributed by atoms with Gasteiger partial charge < -0.3 is 20.1 Å². The zero-order chi connectivity index (χ0) is 24.6. The molecule has 0 spiro atoms. The van der Waals surface area contributed by atoms with E-state index in [9.17, 15) is 4.79 Å². The minimum Gasteiger partial charge on any atom is -0.490 e. The number of aryl methyl sites for hydroxylation is 1. The number of nitrogens with zero attached hydrogens (tertiary/aromatic N) is 1. The molecule has 0 saturated heterocycles. The first kappa shape index (κ1) is 24.1. The van der Waals surface area contributed by atoms with Gasteiger partial charge in [0, 0.05) is 17.6 Å². The van der Waals surface area contributed by atoms with Crippen LogP contribution in [-0.4, -0.2) is 30.6 Å². The molecule has 0 bridgehead atoms. The van der Waals surface area contributed by atoms with Crippen molar-refractivity contribution in [3.05, 3.63) is 89.5 Å². The number of fused-ring (bicyclic) bond motifs is 1. The van der Waals surface area contributed by atoms with Crippen LogP contribution in [0.1, 0.15) is 35.3 Å². The number of pyridine rings is 1. The lowest BCUT2D eigenvalue weighted by atomic mass is 10.1. The van der Waals surface area contributed by atoms with E-state index in [1.165, 1.54) is 0 Å². The highest BCUT2D eigenvalue weighted by Crippen LogP contribution is 2.29. The van der Waals surface area contributed by atoms with Crippen molar-refractivity contribution in [1.82, 2.24) is 10.3 Å². The Morgan fingerprint density at radius 3 is 2.43 bits per heavy atom. The van der Waals surface area contributed by atoms with Crippen LogP contribution in [0.2, 0.25) is 0 Å². The zero-order valence-corrected chi connectivity index (χ0v) is 20.4. The molecule has 6 heteroatoms. The highest BCUT2D eigenvalue weighted by Gasteiger charge is 2.14. The summed E-state index contributed by atoms with van der Waals surface area (Å²) in [6, 6.07) is 23.4. The number of benzene rings is 3.